The largest absolute Gasteiger partial charge is 0.360 e. The van der Waals surface area contributed by atoms with Gasteiger partial charge in [-0.05, 0) is 25.2 Å². The first kappa shape index (κ1) is 16.5. The molecule has 8 heteroatoms. The van der Waals surface area contributed by atoms with Crippen molar-refractivity contribution in [2.24, 2.45) is 5.41 Å². The number of hydrogen-bond acceptors (Lipinski definition) is 7. The molecule has 0 aliphatic heterocycles. The fraction of sp³-hybridized carbons (Fsp3) is 0.588. The molecular weight excluding hydrogens is 338 g/mol. The molecule has 1 N–H and O–H groups in total. The van der Waals surface area contributed by atoms with Gasteiger partial charge in [0.25, 0.3) is 0 Å². The third kappa shape index (κ3) is 2.46. The fourth-order valence-electron chi connectivity index (χ4n) is 4.16. The van der Waals surface area contributed by atoms with Crippen LogP contribution in [0.3, 0.4) is 0 Å². The summed E-state index contributed by atoms with van der Waals surface area (Å²) in [5, 5.41) is 15.7. The summed E-state index contributed by atoms with van der Waals surface area (Å²) in [5.74, 6) is 1.54. The summed E-state index contributed by atoms with van der Waals surface area (Å²) in [6.07, 6.45) is 2.28. The number of nitrogens with zero attached hydrogens (tertiary/aromatic N) is 4. The predicted octanol–water partition coefficient (Wildman–Crippen LogP) is 3.07. The van der Waals surface area contributed by atoms with Gasteiger partial charge >= 0.3 is 0 Å². The summed E-state index contributed by atoms with van der Waals surface area (Å²) in [7, 11) is 0. The summed E-state index contributed by atoms with van der Waals surface area (Å²) < 4.78 is 4.93. The SMILES string of the molecule is Cc1cc(NC(=O)CSc2nnc3c(n2)[C@@]2(C)CC[C@H]3C2(C)C)no1. The molecule has 0 spiro atoms. The smallest absolute Gasteiger partial charge is 0.236 e. The minimum absolute atomic E-state index is 0.0404. The van der Waals surface area contributed by atoms with Crippen LogP contribution in [-0.4, -0.2) is 32.0 Å². The lowest BCUT2D eigenvalue weighted by molar-refractivity contribution is -0.113. The van der Waals surface area contributed by atoms with Gasteiger partial charge in [-0.15, -0.1) is 5.10 Å². The number of carbonyl (C=O) groups is 1. The highest BCUT2D eigenvalue weighted by Gasteiger charge is 2.61. The number of anilines is 1. The molecule has 0 unspecified atom stereocenters. The summed E-state index contributed by atoms with van der Waals surface area (Å²) in [6.45, 7) is 8.65. The average molecular weight is 359 g/mol. The molecule has 2 atom stereocenters. The Labute approximate surface area is 150 Å². The molecule has 0 saturated heterocycles. The maximum Gasteiger partial charge on any atom is 0.236 e. The minimum atomic E-state index is -0.171. The van der Waals surface area contributed by atoms with Crippen LogP contribution in [0, 0.1) is 12.3 Å². The van der Waals surface area contributed by atoms with Crippen molar-refractivity contribution in [3.8, 4) is 0 Å². The van der Waals surface area contributed by atoms with Crippen molar-refractivity contribution in [1.82, 2.24) is 20.3 Å². The van der Waals surface area contributed by atoms with Crippen molar-refractivity contribution >= 4 is 23.5 Å². The summed E-state index contributed by atoms with van der Waals surface area (Å²) >= 11 is 1.29. The van der Waals surface area contributed by atoms with E-state index in [2.05, 4.69) is 41.4 Å². The Morgan fingerprint density at radius 1 is 1.40 bits per heavy atom. The highest BCUT2D eigenvalue weighted by Crippen LogP contribution is 2.66. The van der Waals surface area contributed by atoms with Crippen LogP contribution in [0.5, 0.6) is 0 Å². The van der Waals surface area contributed by atoms with E-state index in [9.17, 15) is 4.79 Å². The van der Waals surface area contributed by atoms with Crippen LogP contribution in [0.2, 0.25) is 0 Å². The fourth-order valence-corrected chi connectivity index (χ4v) is 4.74. The molecule has 1 amide bonds. The van der Waals surface area contributed by atoms with E-state index in [1.54, 1.807) is 13.0 Å². The number of aromatic nitrogens is 4. The van der Waals surface area contributed by atoms with Gasteiger partial charge in [0.05, 0.1) is 17.1 Å². The van der Waals surface area contributed by atoms with E-state index in [-0.39, 0.29) is 22.5 Å². The number of hydrogen-bond donors (Lipinski definition) is 1. The predicted molar refractivity (Wildman–Crippen MR) is 93.5 cm³/mol. The van der Waals surface area contributed by atoms with Crippen LogP contribution in [0.4, 0.5) is 5.82 Å². The first-order chi connectivity index (χ1) is 11.8. The van der Waals surface area contributed by atoms with Crippen LogP contribution in [0.15, 0.2) is 15.7 Å². The van der Waals surface area contributed by atoms with Crippen molar-refractivity contribution in [1.29, 1.82) is 0 Å². The van der Waals surface area contributed by atoms with E-state index in [0.29, 0.717) is 22.7 Å². The quantitative estimate of drug-likeness (QED) is 0.838. The van der Waals surface area contributed by atoms with Crippen molar-refractivity contribution < 1.29 is 9.32 Å². The van der Waals surface area contributed by atoms with E-state index < -0.39 is 0 Å². The Morgan fingerprint density at radius 3 is 2.92 bits per heavy atom. The number of fused-ring (bicyclic) bond motifs is 5. The number of thioether (sulfide) groups is 1. The van der Waals surface area contributed by atoms with Gasteiger partial charge in [0.2, 0.25) is 11.1 Å². The molecule has 7 nitrogen and oxygen atoms in total. The van der Waals surface area contributed by atoms with Gasteiger partial charge in [-0.1, -0.05) is 37.7 Å². The topological polar surface area (TPSA) is 93.8 Å². The minimum Gasteiger partial charge on any atom is -0.360 e. The van der Waals surface area contributed by atoms with Crippen molar-refractivity contribution in [3.05, 3.63) is 23.2 Å². The Kier molecular flexibility index (Phi) is 3.64. The molecule has 1 saturated carbocycles. The van der Waals surface area contributed by atoms with Crippen LogP contribution in [0.1, 0.15) is 56.7 Å². The van der Waals surface area contributed by atoms with Crippen molar-refractivity contribution in [2.45, 2.75) is 57.0 Å². The third-order valence-corrected chi connectivity index (χ3v) is 6.84. The molecule has 2 aliphatic rings. The van der Waals surface area contributed by atoms with Gasteiger partial charge < -0.3 is 9.84 Å². The second-order valence-electron chi connectivity index (χ2n) is 7.63. The summed E-state index contributed by atoms with van der Waals surface area (Å²) in [6, 6.07) is 1.68. The standard InChI is InChI=1S/C17H21N5O2S/c1-9-7-11(22-24-9)18-12(23)8-25-15-19-14-13(20-21-15)10-5-6-17(14,4)16(10,2)3/h7,10H,5-6,8H2,1-4H3,(H,18,22,23)/t10-,17-/m1/s1. The number of carbonyl (C=O) groups excluding carboxylic acids is 1. The van der Waals surface area contributed by atoms with Crippen LogP contribution < -0.4 is 5.32 Å². The molecule has 2 aromatic heterocycles. The van der Waals surface area contributed by atoms with Gasteiger partial charge in [-0.2, -0.15) is 5.10 Å². The Balaban J connectivity index is 1.46. The highest BCUT2D eigenvalue weighted by molar-refractivity contribution is 7.99. The molecule has 1 fully saturated rings. The zero-order valence-corrected chi connectivity index (χ0v) is 15.6. The number of amides is 1. The Hall–Kier alpha value is -1.96. The summed E-state index contributed by atoms with van der Waals surface area (Å²) in [5.41, 5.74) is 2.31. The van der Waals surface area contributed by atoms with E-state index in [0.717, 1.165) is 24.2 Å². The first-order valence-electron chi connectivity index (χ1n) is 8.42. The molecular formula is C17H21N5O2S. The molecule has 2 bridgehead atoms. The molecule has 4 rings (SSSR count). The van der Waals surface area contributed by atoms with Gasteiger partial charge in [0, 0.05) is 17.4 Å². The van der Waals surface area contributed by atoms with Crippen LogP contribution >= 0.6 is 11.8 Å². The Morgan fingerprint density at radius 2 is 2.20 bits per heavy atom. The molecule has 2 aliphatic carbocycles. The Bertz CT molecular complexity index is 849. The maximum atomic E-state index is 12.0. The van der Waals surface area contributed by atoms with Gasteiger partial charge in [-0.3, -0.25) is 4.79 Å². The number of nitrogens with one attached hydrogen (secondary N) is 1. The number of aryl methyl sites for hydroxylation is 1. The van der Waals surface area contributed by atoms with Crippen molar-refractivity contribution in [3.63, 3.8) is 0 Å². The monoisotopic (exact) mass is 359 g/mol. The van der Waals surface area contributed by atoms with E-state index in [1.807, 2.05) is 0 Å². The van der Waals surface area contributed by atoms with Crippen LogP contribution in [0.25, 0.3) is 0 Å². The molecule has 0 radical (unpaired) electrons. The normalized spacial score (nSPS) is 25.8. The lowest BCUT2D eigenvalue weighted by atomic mass is 9.70. The van der Waals surface area contributed by atoms with E-state index in [1.165, 1.54) is 11.8 Å². The number of rotatable bonds is 4. The first-order valence-corrected chi connectivity index (χ1v) is 9.41. The third-order valence-electron chi connectivity index (χ3n) is 6.00. The van der Waals surface area contributed by atoms with Gasteiger partial charge in [0.1, 0.15) is 5.76 Å². The molecule has 132 valence electrons. The second-order valence-corrected chi connectivity index (χ2v) is 8.58. The lowest BCUT2D eigenvalue weighted by Gasteiger charge is -2.33. The van der Waals surface area contributed by atoms with Gasteiger partial charge in [-0.25, -0.2) is 4.98 Å². The van der Waals surface area contributed by atoms with E-state index >= 15 is 0 Å². The highest BCUT2D eigenvalue weighted by atomic mass is 32.2. The maximum absolute atomic E-state index is 12.0. The molecule has 25 heavy (non-hydrogen) atoms. The molecule has 2 heterocycles. The zero-order valence-electron chi connectivity index (χ0n) is 14.8. The van der Waals surface area contributed by atoms with Crippen molar-refractivity contribution in [2.75, 3.05) is 11.1 Å². The zero-order chi connectivity index (χ0) is 17.8. The van der Waals surface area contributed by atoms with Gasteiger partial charge in [0.15, 0.2) is 5.82 Å². The molecule has 2 aromatic rings. The second kappa shape index (κ2) is 5.52. The summed E-state index contributed by atoms with van der Waals surface area (Å²) in [4.78, 5) is 16.8. The molecule has 0 aromatic carbocycles. The average Bonchev–Trinajstić information content (AvgIpc) is 3.12. The van der Waals surface area contributed by atoms with E-state index in [4.69, 9.17) is 9.51 Å². The van der Waals surface area contributed by atoms with Crippen LogP contribution in [-0.2, 0) is 10.2 Å². The lowest BCUT2D eigenvalue weighted by Crippen LogP contribution is -2.32.